The average molecular weight is 314 g/mol. The maximum atomic E-state index is 12.6. The molecule has 0 aromatic heterocycles. The van der Waals surface area contributed by atoms with Gasteiger partial charge in [-0.25, -0.2) is 4.79 Å². The smallest absolute Gasteiger partial charge is 0.324 e. The number of likely N-dealkylation sites (N-methyl/N-ethyl adjacent to an activating group) is 1. The number of hydrogen-bond acceptors (Lipinski definition) is 3. The summed E-state index contributed by atoms with van der Waals surface area (Å²) in [6.45, 7) is 2.62. The number of fused-ring (bicyclic) bond motifs is 1. The van der Waals surface area contributed by atoms with Gasteiger partial charge >= 0.3 is 6.03 Å². The minimum Gasteiger partial charge on any atom is -0.326 e. The van der Waals surface area contributed by atoms with Crippen LogP contribution >= 0.6 is 0 Å². The Morgan fingerprint density at radius 1 is 1.26 bits per heavy atom. The highest BCUT2D eigenvalue weighted by molar-refractivity contribution is 5.95. The molecule has 0 spiro atoms. The van der Waals surface area contributed by atoms with Crippen molar-refractivity contribution in [1.29, 1.82) is 0 Å². The van der Waals surface area contributed by atoms with Crippen molar-refractivity contribution >= 4 is 11.7 Å². The lowest BCUT2D eigenvalue weighted by molar-refractivity contribution is 0.218. The summed E-state index contributed by atoms with van der Waals surface area (Å²) in [6, 6.07) is 9.06. The highest BCUT2D eigenvalue weighted by atomic mass is 16.2. The Balaban J connectivity index is 1.52. The van der Waals surface area contributed by atoms with Crippen LogP contribution in [0.25, 0.3) is 0 Å². The number of anilines is 1. The molecule has 1 aliphatic carbocycles. The van der Waals surface area contributed by atoms with Crippen molar-refractivity contribution in [1.82, 2.24) is 9.80 Å². The van der Waals surface area contributed by atoms with Gasteiger partial charge < -0.3 is 15.5 Å². The zero-order chi connectivity index (χ0) is 16.2. The van der Waals surface area contributed by atoms with E-state index in [-0.39, 0.29) is 18.1 Å². The van der Waals surface area contributed by atoms with Crippen molar-refractivity contribution in [3.05, 3.63) is 29.8 Å². The van der Waals surface area contributed by atoms with Crippen LogP contribution in [0, 0.1) is 0 Å². The molecule has 1 saturated carbocycles. The number of rotatable bonds is 4. The Hall–Kier alpha value is -1.59. The molecular weight excluding hydrogens is 288 g/mol. The molecule has 2 saturated heterocycles. The quantitative estimate of drug-likeness (QED) is 0.919. The number of nitrogens with two attached hydrogens (primary N) is 1. The second-order valence-electron chi connectivity index (χ2n) is 7.67. The van der Waals surface area contributed by atoms with Crippen LogP contribution in [-0.2, 0) is 5.41 Å². The fraction of sp³-hybridized carbons (Fsp3) is 0.611. The van der Waals surface area contributed by atoms with Gasteiger partial charge in [0.1, 0.15) is 0 Å². The van der Waals surface area contributed by atoms with E-state index < -0.39 is 0 Å². The van der Waals surface area contributed by atoms with Gasteiger partial charge in [0.15, 0.2) is 0 Å². The molecule has 2 atom stereocenters. The standard InChI is InChI=1S/C18H26N4O/c1-20(2)12-18(8-9-18)13-3-5-14(6-4-13)22-11-16-15(19)7-10-21(16)17(22)23/h3-6,15-16H,7-12,19H2,1-2H3/t15-,16-/m1/s1. The Labute approximate surface area is 138 Å². The monoisotopic (exact) mass is 314 g/mol. The lowest BCUT2D eigenvalue weighted by atomic mass is 9.95. The van der Waals surface area contributed by atoms with E-state index >= 15 is 0 Å². The molecule has 0 unspecified atom stereocenters. The highest BCUT2D eigenvalue weighted by Crippen LogP contribution is 2.48. The van der Waals surface area contributed by atoms with Crippen LogP contribution in [0.4, 0.5) is 10.5 Å². The fourth-order valence-corrected chi connectivity index (χ4v) is 4.27. The zero-order valence-electron chi connectivity index (χ0n) is 14.0. The lowest BCUT2D eigenvalue weighted by Crippen LogP contribution is -2.37. The minimum atomic E-state index is 0.116. The first-order valence-corrected chi connectivity index (χ1v) is 8.59. The zero-order valence-corrected chi connectivity index (χ0v) is 14.0. The van der Waals surface area contributed by atoms with Gasteiger partial charge in [0.2, 0.25) is 0 Å². The van der Waals surface area contributed by atoms with Crippen molar-refractivity contribution in [2.45, 2.75) is 36.8 Å². The molecule has 1 aromatic rings. The van der Waals surface area contributed by atoms with Gasteiger partial charge in [-0.2, -0.15) is 0 Å². The third-order valence-electron chi connectivity index (χ3n) is 5.71. The summed E-state index contributed by atoms with van der Waals surface area (Å²) in [7, 11) is 4.27. The number of hydrogen-bond donors (Lipinski definition) is 1. The second-order valence-corrected chi connectivity index (χ2v) is 7.67. The summed E-state index contributed by atoms with van der Waals surface area (Å²) in [5, 5.41) is 0. The van der Waals surface area contributed by atoms with Gasteiger partial charge in [-0.15, -0.1) is 0 Å². The molecule has 23 heavy (non-hydrogen) atoms. The first-order chi connectivity index (χ1) is 11.0. The van der Waals surface area contributed by atoms with E-state index in [1.54, 1.807) is 0 Å². The Morgan fingerprint density at radius 2 is 1.96 bits per heavy atom. The number of benzene rings is 1. The average Bonchev–Trinajstić information content (AvgIpc) is 3.09. The highest BCUT2D eigenvalue weighted by Gasteiger charge is 2.46. The molecule has 2 aliphatic heterocycles. The predicted molar refractivity (Wildman–Crippen MR) is 91.7 cm³/mol. The van der Waals surface area contributed by atoms with Crippen molar-refractivity contribution in [3.63, 3.8) is 0 Å². The summed E-state index contributed by atoms with van der Waals surface area (Å²) in [5.74, 6) is 0. The number of nitrogens with zero attached hydrogens (tertiary/aromatic N) is 3. The van der Waals surface area contributed by atoms with Crippen LogP contribution in [0.15, 0.2) is 24.3 Å². The van der Waals surface area contributed by atoms with Crippen molar-refractivity contribution in [2.75, 3.05) is 38.6 Å². The summed E-state index contributed by atoms with van der Waals surface area (Å²) >= 11 is 0. The molecule has 124 valence electrons. The molecule has 2 amide bonds. The van der Waals surface area contributed by atoms with Gasteiger partial charge in [-0.3, -0.25) is 4.90 Å². The van der Waals surface area contributed by atoms with Crippen molar-refractivity contribution < 1.29 is 4.79 Å². The molecule has 5 nitrogen and oxygen atoms in total. The van der Waals surface area contributed by atoms with Gasteiger partial charge in [-0.1, -0.05) is 12.1 Å². The number of carbonyl (C=O) groups is 1. The number of carbonyl (C=O) groups excluding carboxylic acids is 1. The molecule has 0 radical (unpaired) electrons. The molecular formula is C18H26N4O. The molecule has 2 N–H and O–H groups in total. The largest absolute Gasteiger partial charge is 0.326 e. The molecule has 1 aromatic carbocycles. The maximum Gasteiger partial charge on any atom is 0.324 e. The first kappa shape index (κ1) is 15.0. The fourth-order valence-electron chi connectivity index (χ4n) is 4.27. The lowest BCUT2D eigenvalue weighted by Gasteiger charge is -2.22. The van der Waals surface area contributed by atoms with E-state index in [0.29, 0.717) is 5.41 Å². The first-order valence-electron chi connectivity index (χ1n) is 8.59. The summed E-state index contributed by atoms with van der Waals surface area (Å²) in [4.78, 5) is 18.7. The van der Waals surface area contributed by atoms with Gasteiger partial charge in [0.05, 0.1) is 6.04 Å². The van der Waals surface area contributed by atoms with E-state index in [4.69, 9.17) is 5.73 Å². The van der Waals surface area contributed by atoms with Crippen LogP contribution in [0.3, 0.4) is 0 Å². The second kappa shape index (κ2) is 5.21. The number of amides is 2. The van der Waals surface area contributed by atoms with E-state index in [0.717, 1.165) is 31.7 Å². The molecule has 5 heteroatoms. The topological polar surface area (TPSA) is 52.8 Å². The van der Waals surface area contributed by atoms with Crippen molar-refractivity contribution in [3.8, 4) is 0 Å². The van der Waals surface area contributed by atoms with E-state index in [1.807, 2.05) is 9.80 Å². The molecule has 4 rings (SSSR count). The van der Waals surface area contributed by atoms with E-state index in [1.165, 1.54) is 18.4 Å². The molecule has 2 heterocycles. The predicted octanol–water partition coefficient (Wildman–Crippen LogP) is 1.62. The Kier molecular flexibility index (Phi) is 3.39. The van der Waals surface area contributed by atoms with Gasteiger partial charge in [-0.05, 0) is 51.1 Å². The third kappa shape index (κ3) is 2.42. The van der Waals surface area contributed by atoms with Crippen LogP contribution in [0.1, 0.15) is 24.8 Å². The van der Waals surface area contributed by atoms with Crippen LogP contribution in [0.5, 0.6) is 0 Å². The third-order valence-corrected chi connectivity index (χ3v) is 5.71. The molecule has 0 bridgehead atoms. The summed E-state index contributed by atoms with van der Waals surface area (Å²) in [6.07, 6.45) is 3.45. The van der Waals surface area contributed by atoms with Crippen LogP contribution < -0.4 is 10.6 Å². The minimum absolute atomic E-state index is 0.116. The van der Waals surface area contributed by atoms with Gasteiger partial charge in [0, 0.05) is 36.8 Å². The number of urea groups is 1. The van der Waals surface area contributed by atoms with Crippen molar-refractivity contribution in [2.24, 2.45) is 5.73 Å². The SMILES string of the molecule is CN(C)CC1(c2ccc(N3C[C@@H]4[C@H](N)CCN4C3=O)cc2)CC1. The summed E-state index contributed by atoms with van der Waals surface area (Å²) in [5.41, 5.74) is 8.87. The summed E-state index contributed by atoms with van der Waals surface area (Å²) < 4.78 is 0. The van der Waals surface area contributed by atoms with Crippen LogP contribution in [-0.4, -0.2) is 61.6 Å². The maximum absolute atomic E-state index is 12.6. The molecule has 3 aliphatic rings. The van der Waals surface area contributed by atoms with E-state index in [9.17, 15) is 4.79 Å². The van der Waals surface area contributed by atoms with E-state index in [2.05, 4.69) is 43.3 Å². The molecule has 3 fully saturated rings. The Bertz CT molecular complexity index is 608. The van der Waals surface area contributed by atoms with Crippen LogP contribution in [0.2, 0.25) is 0 Å². The normalized spacial score (nSPS) is 28.6. The Morgan fingerprint density at radius 3 is 2.52 bits per heavy atom. The van der Waals surface area contributed by atoms with Gasteiger partial charge in [0.25, 0.3) is 0 Å².